The minimum atomic E-state index is -0.548. The molecule has 1 atom stereocenters. The van der Waals surface area contributed by atoms with Gasteiger partial charge in [0, 0.05) is 10.9 Å². The van der Waals surface area contributed by atoms with Gasteiger partial charge in [-0.3, -0.25) is 9.59 Å². The second kappa shape index (κ2) is 8.36. The SMILES string of the molecule is COc1cc(C(C(=O)NC2CCCCC2)c2cccs2)ccc1C(N)=O. The molecule has 6 heteroatoms. The Hall–Kier alpha value is -2.34. The third-order valence-electron chi connectivity index (χ3n) is 4.87. The third kappa shape index (κ3) is 4.07. The first-order chi connectivity index (χ1) is 12.6. The normalized spacial score (nSPS) is 16.0. The molecule has 1 unspecified atom stereocenters. The molecule has 1 heterocycles. The van der Waals surface area contributed by atoms with Crippen molar-refractivity contribution in [3.8, 4) is 5.75 Å². The highest BCUT2D eigenvalue weighted by atomic mass is 32.1. The van der Waals surface area contributed by atoms with Gasteiger partial charge in [-0.25, -0.2) is 0 Å². The summed E-state index contributed by atoms with van der Waals surface area (Å²) in [5.41, 5.74) is 6.51. The van der Waals surface area contributed by atoms with Crippen molar-refractivity contribution in [1.82, 2.24) is 5.32 Å². The number of rotatable bonds is 6. The van der Waals surface area contributed by atoms with Crippen LogP contribution in [0.3, 0.4) is 0 Å². The van der Waals surface area contributed by atoms with Crippen LogP contribution in [0, 0.1) is 0 Å². The first kappa shape index (κ1) is 18.5. The van der Waals surface area contributed by atoms with Gasteiger partial charge in [0.25, 0.3) is 5.91 Å². The molecule has 0 aliphatic heterocycles. The molecule has 0 spiro atoms. The summed E-state index contributed by atoms with van der Waals surface area (Å²) >= 11 is 1.55. The van der Waals surface area contributed by atoms with Crippen molar-refractivity contribution < 1.29 is 14.3 Å². The Morgan fingerprint density at radius 1 is 1.23 bits per heavy atom. The lowest BCUT2D eigenvalue weighted by Gasteiger charge is -2.25. The molecule has 2 amide bonds. The highest BCUT2D eigenvalue weighted by Gasteiger charge is 2.27. The molecule has 1 saturated carbocycles. The van der Waals surface area contributed by atoms with Gasteiger partial charge >= 0.3 is 0 Å². The number of benzene rings is 1. The second-order valence-electron chi connectivity index (χ2n) is 6.62. The fraction of sp³-hybridized carbons (Fsp3) is 0.400. The molecule has 0 saturated heterocycles. The fourth-order valence-electron chi connectivity index (χ4n) is 3.52. The molecular formula is C20H24N2O3S. The van der Waals surface area contributed by atoms with Gasteiger partial charge in [-0.1, -0.05) is 31.4 Å². The lowest BCUT2D eigenvalue weighted by molar-refractivity contribution is -0.122. The van der Waals surface area contributed by atoms with Crippen LogP contribution in [0.5, 0.6) is 5.75 Å². The van der Waals surface area contributed by atoms with Crippen molar-refractivity contribution in [3.05, 3.63) is 51.7 Å². The van der Waals surface area contributed by atoms with Gasteiger partial charge in [-0.2, -0.15) is 0 Å². The Labute approximate surface area is 157 Å². The summed E-state index contributed by atoms with van der Waals surface area (Å²) in [6, 6.07) is 9.30. The molecule has 1 fully saturated rings. The summed E-state index contributed by atoms with van der Waals surface area (Å²) in [6.45, 7) is 0. The van der Waals surface area contributed by atoms with E-state index >= 15 is 0 Å². The molecule has 0 radical (unpaired) electrons. The van der Waals surface area contributed by atoms with E-state index in [0.717, 1.165) is 36.1 Å². The maximum Gasteiger partial charge on any atom is 0.252 e. The van der Waals surface area contributed by atoms with Crippen molar-refractivity contribution >= 4 is 23.2 Å². The number of primary amides is 1. The summed E-state index contributed by atoms with van der Waals surface area (Å²) in [5, 5.41) is 5.18. The van der Waals surface area contributed by atoms with Crippen molar-refractivity contribution in [1.29, 1.82) is 0 Å². The molecule has 5 nitrogen and oxygen atoms in total. The van der Waals surface area contributed by atoms with E-state index in [1.54, 1.807) is 29.5 Å². The van der Waals surface area contributed by atoms with E-state index in [9.17, 15) is 9.59 Å². The Kier molecular flexibility index (Phi) is 5.93. The summed E-state index contributed by atoms with van der Waals surface area (Å²) in [7, 11) is 1.49. The minimum Gasteiger partial charge on any atom is -0.496 e. The standard InChI is InChI=1S/C20H24N2O3S/c1-25-16-12-13(9-10-15(16)19(21)23)18(17-8-5-11-26-17)20(24)22-14-6-3-2-4-7-14/h5,8-12,14,18H,2-4,6-7H2,1H3,(H2,21,23)(H,22,24). The van der Waals surface area contributed by atoms with Crippen molar-refractivity contribution in [2.24, 2.45) is 5.73 Å². The topological polar surface area (TPSA) is 81.4 Å². The summed E-state index contributed by atoms with van der Waals surface area (Å²) in [5.74, 6) is -0.587. The summed E-state index contributed by atoms with van der Waals surface area (Å²) in [4.78, 5) is 25.6. The quantitative estimate of drug-likeness (QED) is 0.815. The van der Waals surface area contributed by atoms with Crippen LogP contribution < -0.4 is 15.8 Å². The zero-order chi connectivity index (χ0) is 18.5. The number of nitrogens with two attached hydrogens (primary N) is 1. The number of hydrogen-bond acceptors (Lipinski definition) is 4. The van der Waals surface area contributed by atoms with E-state index in [2.05, 4.69) is 5.32 Å². The van der Waals surface area contributed by atoms with Gasteiger partial charge in [-0.05, 0) is 42.0 Å². The lowest BCUT2D eigenvalue weighted by atomic mass is 9.92. The highest BCUT2D eigenvalue weighted by Crippen LogP contribution is 2.32. The van der Waals surface area contributed by atoms with Gasteiger partial charge in [-0.15, -0.1) is 11.3 Å². The van der Waals surface area contributed by atoms with Gasteiger partial charge in [0.05, 0.1) is 18.6 Å². The number of carbonyl (C=O) groups excluding carboxylic acids is 2. The average Bonchev–Trinajstić information content (AvgIpc) is 3.16. The second-order valence-corrected chi connectivity index (χ2v) is 7.60. The average molecular weight is 372 g/mol. The molecule has 2 aromatic rings. The third-order valence-corrected chi connectivity index (χ3v) is 5.80. The van der Waals surface area contributed by atoms with Crippen LogP contribution in [0.2, 0.25) is 0 Å². The Bertz CT molecular complexity index is 767. The molecule has 26 heavy (non-hydrogen) atoms. The van der Waals surface area contributed by atoms with Gasteiger partial charge < -0.3 is 15.8 Å². The smallest absolute Gasteiger partial charge is 0.252 e. The molecule has 1 aromatic heterocycles. The van der Waals surface area contributed by atoms with Crippen molar-refractivity contribution in [2.45, 2.75) is 44.1 Å². The van der Waals surface area contributed by atoms with Crippen LogP contribution in [0.15, 0.2) is 35.7 Å². The molecule has 1 aromatic carbocycles. The number of nitrogens with one attached hydrogen (secondary N) is 1. The van der Waals surface area contributed by atoms with Crippen LogP contribution in [0.4, 0.5) is 0 Å². The number of thiophene rings is 1. The Morgan fingerprint density at radius 2 is 2.00 bits per heavy atom. The minimum absolute atomic E-state index is 0.00627. The Morgan fingerprint density at radius 3 is 2.62 bits per heavy atom. The zero-order valence-corrected chi connectivity index (χ0v) is 15.7. The van der Waals surface area contributed by atoms with Crippen LogP contribution in [-0.4, -0.2) is 25.0 Å². The number of carbonyl (C=O) groups is 2. The van der Waals surface area contributed by atoms with Crippen molar-refractivity contribution in [3.63, 3.8) is 0 Å². The first-order valence-electron chi connectivity index (χ1n) is 8.91. The molecule has 0 bridgehead atoms. The predicted octanol–water partition coefficient (Wildman–Crippen LogP) is 3.44. The summed E-state index contributed by atoms with van der Waals surface area (Å²) < 4.78 is 5.32. The number of ether oxygens (including phenoxy) is 1. The van der Waals surface area contributed by atoms with Crippen LogP contribution in [0.25, 0.3) is 0 Å². The highest BCUT2D eigenvalue weighted by molar-refractivity contribution is 7.10. The molecule has 138 valence electrons. The maximum absolute atomic E-state index is 13.1. The van der Waals surface area contributed by atoms with E-state index in [-0.39, 0.29) is 11.9 Å². The van der Waals surface area contributed by atoms with E-state index in [0.29, 0.717) is 11.3 Å². The van der Waals surface area contributed by atoms with Crippen LogP contribution >= 0.6 is 11.3 Å². The molecular weight excluding hydrogens is 348 g/mol. The molecule has 3 N–H and O–H groups in total. The largest absolute Gasteiger partial charge is 0.496 e. The van der Waals surface area contributed by atoms with E-state index in [1.165, 1.54) is 13.5 Å². The van der Waals surface area contributed by atoms with Crippen LogP contribution in [0.1, 0.15) is 58.8 Å². The fourth-order valence-corrected chi connectivity index (χ4v) is 4.37. The lowest BCUT2D eigenvalue weighted by Crippen LogP contribution is -2.39. The number of methoxy groups -OCH3 is 1. The van der Waals surface area contributed by atoms with E-state index < -0.39 is 11.8 Å². The molecule has 1 aliphatic rings. The zero-order valence-electron chi connectivity index (χ0n) is 14.9. The van der Waals surface area contributed by atoms with Crippen molar-refractivity contribution in [2.75, 3.05) is 7.11 Å². The molecule has 1 aliphatic carbocycles. The van der Waals surface area contributed by atoms with Gasteiger partial charge in [0.1, 0.15) is 5.75 Å². The predicted molar refractivity (Wildman–Crippen MR) is 103 cm³/mol. The number of hydrogen-bond donors (Lipinski definition) is 2. The monoisotopic (exact) mass is 372 g/mol. The first-order valence-corrected chi connectivity index (χ1v) is 9.79. The Balaban J connectivity index is 1.91. The molecule has 3 rings (SSSR count). The number of amides is 2. The van der Waals surface area contributed by atoms with Crippen LogP contribution in [-0.2, 0) is 4.79 Å². The van der Waals surface area contributed by atoms with E-state index in [4.69, 9.17) is 10.5 Å². The summed E-state index contributed by atoms with van der Waals surface area (Å²) in [6.07, 6.45) is 5.64. The van der Waals surface area contributed by atoms with Gasteiger partial charge in [0.15, 0.2) is 0 Å². The van der Waals surface area contributed by atoms with E-state index in [1.807, 2.05) is 17.5 Å². The van der Waals surface area contributed by atoms with Gasteiger partial charge in [0.2, 0.25) is 5.91 Å². The maximum atomic E-state index is 13.1.